The van der Waals surface area contributed by atoms with Crippen LogP contribution in [0.15, 0.2) is 53.0 Å². The number of aryl methyl sites for hydroxylation is 1. The number of fused-ring (bicyclic) bond motifs is 1. The first-order valence-corrected chi connectivity index (χ1v) is 13.0. The lowest BCUT2D eigenvalue weighted by Crippen LogP contribution is -2.49. The number of pyridine rings is 1. The van der Waals surface area contributed by atoms with Crippen LogP contribution in [-0.4, -0.2) is 35.5 Å². The van der Waals surface area contributed by atoms with Crippen LogP contribution in [0.3, 0.4) is 0 Å². The number of anilines is 1. The summed E-state index contributed by atoms with van der Waals surface area (Å²) in [6.45, 7) is 2.08. The highest BCUT2D eigenvalue weighted by atomic mass is 32.2. The van der Waals surface area contributed by atoms with Crippen LogP contribution in [0.2, 0.25) is 0 Å². The number of hydrogen-bond acceptors (Lipinski definition) is 7. The van der Waals surface area contributed by atoms with Crippen LogP contribution in [-0.2, 0) is 16.4 Å². The largest absolute Gasteiger partial charge is 0.381 e. The van der Waals surface area contributed by atoms with Gasteiger partial charge in [-0.1, -0.05) is 13.0 Å². The molecule has 3 heterocycles. The van der Waals surface area contributed by atoms with Crippen molar-refractivity contribution in [2.75, 3.05) is 5.32 Å². The number of aromatic nitrogens is 3. The van der Waals surface area contributed by atoms with Gasteiger partial charge >= 0.3 is 0 Å². The van der Waals surface area contributed by atoms with Gasteiger partial charge in [0.2, 0.25) is 10.0 Å². The van der Waals surface area contributed by atoms with E-state index in [1.807, 2.05) is 24.5 Å². The monoisotopic (exact) mass is 478 g/mol. The summed E-state index contributed by atoms with van der Waals surface area (Å²) in [5, 5.41) is 16.6. The van der Waals surface area contributed by atoms with Crippen molar-refractivity contribution in [2.45, 2.75) is 43.2 Å². The fraction of sp³-hybridized carbons (Fsp3) is 0.261. The van der Waals surface area contributed by atoms with Crippen molar-refractivity contribution in [1.82, 2.24) is 19.7 Å². The van der Waals surface area contributed by atoms with E-state index in [1.54, 1.807) is 23.5 Å². The second kappa shape index (κ2) is 8.59. The zero-order valence-electron chi connectivity index (χ0n) is 17.9. The van der Waals surface area contributed by atoms with Crippen LogP contribution < -0.4 is 10.0 Å². The van der Waals surface area contributed by atoms with Gasteiger partial charge in [-0.2, -0.15) is 5.26 Å². The molecule has 5 rings (SSSR count). The molecule has 0 atom stereocenters. The smallest absolute Gasteiger partial charge is 0.240 e. The number of nitrogens with one attached hydrogen (secondary N) is 3. The van der Waals surface area contributed by atoms with Gasteiger partial charge in [0.05, 0.1) is 33.5 Å². The summed E-state index contributed by atoms with van der Waals surface area (Å²) in [6.07, 6.45) is 5.88. The molecule has 0 aliphatic heterocycles. The van der Waals surface area contributed by atoms with E-state index in [2.05, 4.69) is 32.3 Å². The number of benzene rings is 1. The molecule has 0 saturated heterocycles. The summed E-state index contributed by atoms with van der Waals surface area (Å²) in [4.78, 5) is 12.5. The summed E-state index contributed by atoms with van der Waals surface area (Å²) in [7, 11) is -3.68. The van der Waals surface area contributed by atoms with Gasteiger partial charge in [0.25, 0.3) is 0 Å². The van der Waals surface area contributed by atoms with Crippen LogP contribution in [0, 0.1) is 11.3 Å². The third-order valence-corrected chi connectivity index (χ3v) is 8.26. The van der Waals surface area contributed by atoms with Gasteiger partial charge in [0.15, 0.2) is 0 Å². The topological polar surface area (TPSA) is 124 Å². The van der Waals surface area contributed by atoms with E-state index < -0.39 is 10.0 Å². The first-order valence-electron chi connectivity index (χ1n) is 10.7. The maximum Gasteiger partial charge on any atom is 0.240 e. The molecule has 0 unspecified atom stereocenters. The molecule has 33 heavy (non-hydrogen) atoms. The molecule has 0 radical (unpaired) electrons. The second-order valence-corrected chi connectivity index (χ2v) is 10.6. The van der Waals surface area contributed by atoms with Crippen molar-refractivity contribution in [3.05, 3.63) is 59.4 Å². The Bertz CT molecular complexity index is 1460. The molecule has 3 N–H and O–H groups in total. The maximum absolute atomic E-state index is 12.7. The summed E-state index contributed by atoms with van der Waals surface area (Å²) in [6, 6.07) is 9.97. The van der Waals surface area contributed by atoms with Crippen LogP contribution in [0.25, 0.3) is 21.6 Å². The zero-order valence-corrected chi connectivity index (χ0v) is 19.5. The molecule has 10 heteroatoms. The molecule has 4 aromatic rings. The Balaban J connectivity index is 1.32. The SMILES string of the molecule is CCc1csc(-c2cnc3[nH]ccc3c2N[C@H]2C[C@H](NS(=O)(=O)c3cccc(C#N)c3)C2)n1. The van der Waals surface area contributed by atoms with Crippen molar-refractivity contribution >= 4 is 38.1 Å². The molecule has 8 nitrogen and oxygen atoms in total. The number of H-pyrrole nitrogens is 1. The molecule has 1 fully saturated rings. The van der Waals surface area contributed by atoms with E-state index in [1.165, 1.54) is 12.1 Å². The Morgan fingerprint density at radius 1 is 1.27 bits per heavy atom. The van der Waals surface area contributed by atoms with Gasteiger partial charge in [-0.05, 0) is 43.5 Å². The van der Waals surface area contributed by atoms with Gasteiger partial charge in [0.1, 0.15) is 10.7 Å². The fourth-order valence-corrected chi connectivity index (χ4v) is 6.20. The first-order chi connectivity index (χ1) is 16.0. The highest BCUT2D eigenvalue weighted by Gasteiger charge is 2.33. The van der Waals surface area contributed by atoms with Crippen LogP contribution in [0.4, 0.5) is 5.69 Å². The molecule has 0 amide bonds. The molecule has 1 aliphatic carbocycles. The van der Waals surface area contributed by atoms with Gasteiger partial charge in [0, 0.05) is 35.2 Å². The van der Waals surface area contributed by atoms with Gasteiger partial charge in [-0.15, -0.1) is 11.3 Å². The summed E-state index contributed by atoms with van der Waals surface area (Å²) >= 11 is 1.60. The summed E-state index contributed by atoms with van der Waals surface area (Å²) in [5.41, 5.74) is 4.08. The summed E-state index contributed by atoms with van der Waals surface area (Å²) < 4.78 is 28.2. The lowest BCUT2D eigenvalue weighted by molar-refractivity contribution is 0.346. The molecule has 1 aliphatic rings. The fourth-order valence-electron chi connectivity index (χ4n) is 3.97. The first kappa shape index (κ1) is 21.6. The molecule has 0 spiro atoms. The minimum absolute atomic E-state index is 0.110. The number of sulfonamides is 1. The van der Waals surface area contributed by atoms with E-state index >= 15 is 0 Å². The van der Waals surface area contributed by atoms with Gasteiger partial charge in [-0.3, -0.25) is 0 Å². The van der Waals surface area contributed by atoms with Crippen LogP contribution >= 0.6 is 11.3 Å². The Morgan fingerprint density at radius 3 is 2.88 bits per heavy atom. The lowest BCUT2D eigenvalue weighted by atomic mass is 9.87. The Hall–Kier alpha value is -3.26. The average Bonchev–Trinajstić information content (AvgIpc) is 3.47. The van der Waals surface area contributed by atoms with Gasteiger partial charge < -0.3 is 10.3 Å². The van der Waals surface area contributed by atoms with Gasteiger partial charge in [-0.25, -0.2) is 23.1 Å². The lowest BCUT2D eigenvalue weighted by Gasteiger charge is -2.37. The zero-order chi connectivity index (χ0) is 23.0. The molecule has 3 aromatic heterocycles. The number of rotatable bonds is 7. The maximum atomic E-state index is 12.7. The quantitative estimate of drug-likeness (QED) is 0.368. The third-order valence-electron chi connectivity index (χ3n) is 5.81. The Labute approximate surface area is 195 Å². The average molecular weight is 479 g/mol. The van der Waals surface area contributed by atoms with Crippen molar-refractivity contribution in [1.29, 1.82) is 5.26 Å². The van der Waals surface area contributed by atoms with E-state index in [0.717, 1.165) is 39.4 Å². The number of hydrogen-bond donors (Lipinski definition) is 3. The third kappa shape index (κ3) is 4.23. The Kier molecular flexibility index (Phi) is 5.62. The van der Waals surface area contributed by atoms with E-state index in [-0.39, 0.29) is 17.0 Å². The van der Waals surface area contributed by atoms with Crippen molar-refractivity contribution in [2.24, 2.45) is 0 Å². The molecule has 168 valence electrons. The highest BCUT2D eigenvalue weighted by molar-refractivity contribution is 7.89. The predicted octanol–water partition coefficient (Wildman–Crippen LogP) is 4.04. The predicted molar refractivity (Wildman–Crippen MR) is 128 cm³/mol. The molecule has 0 bridgehead atoms. The summed E-state index contributed by atoms with van der Waals surface area (Å²) in [5.74, 6) is 0. The number of nitrogens with zero attached hydrogens (tertiary/aromatic N) is 3. The molecule has 1 saturated carbocycles. The number of nitriles is 1. The van der Waals surface area contributed by atoms with E-state index in [0.29, 0.717) is 18.4 Å². The second-order valence-electron chi connectivity index (χ2n) is 8.05. The normalized spacial score (nSPS) is 18.1. The molecule has 1 aromatic carbocycles. The number of thiazole rings is 1. The highest BCUT2D eigenvalue weighted by Crippen LogP contribution is 2.37. The minimum Gasteiger partial charge on any atom is -0.381 e. The minimum atomic E-state index is -3.68. The van der Waals surface area contributed by atoms with Crippen molar-refractivity contribution in [3.8, 4) is 16.6 Å². The van der Waals surface area contributed by atoms with Crippen LogP contribution in [0.1, 0.15) is 31.0 Å². The van der Waals surface area contributed by atoms with Crippen LogP contribution in [0.5, 0.6) is 0 Å². The van der Waals surface area contributed by atoms with E-state index in [4.69, 9.17) is 10.2 Å². The molecular formula is C23H22N6O2S2. The van der Waals surface area contributed by atoms with E-state index in [9.17, 15) is 8.42 Å². The Morgan fingerprint density at radius 2 is 2.12 bits per heavy atom. The van der Waals surface area contributed by atoms with Crippen molar-refractivity contribution < 1.29 is 8.42 Å². The van der Waals surface area contributed by atoms with Crippen molar-refractivity contribution in [3.63, 3.8) is 0 Å². The molecular weight excluding hydrogens is 456 g/mol. The number of aromatic amines is 1. The standard InChI is InChI=1S/C23H22N6O2S2/c1-2-15-13-32-23(28-15)20-12-26-22-19(6-7-25-22)21(20)27-16-9-17(10-16)29-33(30,31)18-5-3-4-14(8-18)11-24/h3-8,12-13,16-17,29H,2,9-10H2,1H3,(H2,25,26,27)/t16-,17-.